The van der Waals surface area contributed by atoms with E-state index in [2.05, 4.69) is 31.9 Å². The number of carbonyl (C=O) groups excluding carboxylic acids is 7. The smallest absolute Gasteiger partial charge is 0.303 e. The van der Waals surface area contributed by atoms with Gasteiger partial charge in [-0.05, 0) is 37.8 Å². The van der Waals surface area contributed by atoms with Gasteiger partial charge in [-0.2, -0.15) is 0 Å². The van der Waals surface area contributed by atoms with Gasteiger partial charge in [0.15, 0.2) is 0 Å². The van der Waals surface area contributed by atoms with Gasteiger partial charge in [0, 0.05) is 32.6 Å². The second-order valence-corrected chi connectivity index (χ2v) is 12.5. The lowest BCUT2D eigenvalue weighted by molar-refractivity contribution is -0.139. The van der Waals surface area contributed by atoms with Crippen molar-refractivity contribution in [3.05, 3.63) is 71.8 Å². The Balaban J connectivity index is 2.26. The lowest BCUT2D eigenvalue weighted by atomic mass is 10.0. The number of nitrogens with one attached hydrogen (secondary N) is 6. The Hall–Kier alpha value is -6.33. The van der Waals surface area contributed by atoms with Gasteiger partial charge in [-0.25, -0.2) is 0 Å². The largest absolute Gasteiger partial charge is 0.481 e. The van der Waals surface area contributed by atoms with Crippen molar-refractivity contribution < 1.29 is 53.4 Å². The first kappa shape index (κ1) is 43.8. The SMILES string of the molecule is CC(=O)N[C@@H](CCC(=O)O)C(=O)N[C@@H](Cc1ccccc1)C(=O)N[C@@H](Cc1ccccc1)C(=O)N[C@@H](C)C(=O)N[C@@H](C)C(=O)N[C@@H](CCC(=O)O)C(N)=O. The van der Waals surface area contributed by atoms with E-state index < -0.39 is 102 Å². The molecule has 0 unspecified atom stereocenters. The molecule has 0 saturated heterocycles. The molecule has 0 fully saturated rings. The number of primary amides is 1. The summed E-state index contributed by atoms with van der Waals surface area (Å²) in [5.74, 6) is -8.01. The van der Waals surface area contributed by atoms with Crippen LogP contribution in [0.3, 0.4) is 0 Å². The molecular weight excluding hydrogens is 706 g/mol. The van der Waals surface area contributed by atoms with Crippen molar-refractivity contribution in [2.24, 2.45) is 5.73 Å². The van der Waals surface area contributed by atoms with Crippen molar-refractivity contribution in [3.8, 4) is 0 Å². The van der Waals surface area contributed by atoms with Crippen molar-refractivity contribution in [3.63, 3.8) is 0 Å². The summed E-state index contributed by atoms with van der Waals surface area (Å²) in [5, 5.41) is 32.8. The number of aliphatic carboxylic acids is 2. The summed E-state index contributed by atoms with van der Waals surface area (Å²) in [6, 6.07) is 9.56. The first-order chi connectivity index (χ1) is 25.5. The summed E-state index contributed by atoms with van der Waals surface area (Å²) < 4.78 is 0. The molecule has 18 nitrogen and oxygen atoms in total. The fourth-order valence-corrected chi connectivity index (χ4v) is 5.08. The van der Waals surface area contributed by atoms with Gasteiger partial charge in [-0.3, -0.25) is 43.2 Å². The van der Waals surface area contributed by atoms with E-state index in [1.165, 1.54) is 13.8 Å². The van der Waals surface area contributed by atoms with Gasteiger partial charge < -0.3 is 47.8 Å². The molecule has 2 rings (SSSR count). The van der Waals surface area contributed by atoms with Crippen LogP contribution in [0.1, 0.15) is 57.6 Å². The Kier molecular flexibility index (Phi) is 17.8. The summed E-state index contributed by atoms with van der Waals surface area (Å²) in [7, 11) is 0. The zero-order chi connectivity index (χ0) is 40.4. The molecule has 0 aliphatic rings. The van der Waals surface area contributed by atoms with Crippen LogP contribution in [0.4, 0.5) is 0 Å². The molecular formula is C36H47N7O11. The quantitative estimate of drug-likeness (QED) is 0.0678. The number of carboxylic acid groups (broad SMARTS) is 2. The second kappa shape index (κ2) is 21.9. The van der Waals surface area contributed by atoms with Gasteiger partial charge in [0.1, 0.15) is 36.3 Å². The van der Waals surface area contributed by atoms with Crippen LogP contribution in [0, 0.1) is 0 Å². The molecule has 0 radical (unpaired) electrons. The lowest BCUT2D eigenvalue weighted by Gasteiger charge is -2.26. The van der Waals surface area contributed by atoms with Crippen LogP contribution in [-0.4, -0.2) is 99.8 Å². The highest BCUT2D eigenvalue weighted by atomic mass is 16.4. The van der Waals surface area contributed by atoms with Crippen LogP contribution in [0.2, 0.25) is 0 Å². The highest BCUT2D eigenvalue weighted by molar-refractivity contribution is 5.97. The summed E-state index contributed by atoms with van der Waals surface area (Å²) in [6.45, 7) is 3.79. The zero-order valence-electron chi connectivity index (χ0n) is 30.1. The summed E-state index contributed by atoms with van der Waals surface area (Å²) >= 11 is 0. The van der Waals surface area contributed by atoms with Gasteiger partial charge in [0.2, 0.25) is 41.4 Å². The Bertz CT molecular complexity index is 1660. The number of carboxylic acids is 2. The topological polar surface area (TPSA) is 292 Å². The number of rotatable bonds is 22. The molecule has 18 heteroatoms. The molecule has 0 bridgehead atoms. The minimum absolute atomic E-state index is 0.0461. The van der Waals surface area contributed by atoms with Crippen LogP contribution >= 0.6 is 0 Å². The predicted octanol–water partition coefficient (Wildman–Crippen LogP) is -1.34. The van der Waals surface area contributed by atoms with E-state index in [4.69, 9.17) is 15.9 Å². The van der Waals surface area contributed by atoms with Crippen molar-refractivity contribution in [1.29, 1.82) is 0 Å². The number of hydrogen-bond acceptors (Lipinski definition) is 9. The molecule has 0 aliphatic heterocycles. The average molecular weight is 754 g/mol. The standard InChI is InChI=1S/C36H47N7O11/c1-20(32(50)38-21(2)33(51)41-25(31(37)49)14-16-29(45)46)39-35(53)27(18-23-10-6-4-7-11-23)43-36(54)28(19-24-12-8-5-9-13-24)42-34(52)26(40-22(3)44)15-17-30(47)48/h4-13,20-21,25-28H,14-19H2,1-3H3,(H2,37,49)(H,38,50)(H,39,53)(H,40,44)(H,41,51)(H,42,52)(H,43,54)(H,45,46)(H,47,48)/t20-,21-,25-,26-,27-,28-/m0/s1. The first-order valence-electron chi connectivity index (χ1n) is 17.1. The highest BCUT2D eigenvalue weighted by Gasteiger charge is 2.32. The molecule has 0 aliphatic carbocycles. The molecule has 0 aromatic heterocycles. The number of carbonyl (C=O) groups is 9. The van der Waals surface area contributed by atoms with Crippen LogP contribution in [-0.2, 0) is 56.0 Å². The molecule has 54 heavy (non-hydrogen) atoms. The zero-order valence-corrected chi connectivity index (χ0v) is 30.1. The Morgan fingerprint density at radius 1 is 0.519 bits per heavy atom. The van der Waals surface area contributed by atoms with E-state index in [0.29, 0.717) is 11.1 Å². The van der Waals surface area contributed by atoms with Crippen molar-refractivity contribution in [1.82, 2.24) is 31.9 Å². The fraction of sp³-hybridized carbons (Fsp3) is 0.417. The van der Waals surface area contributed by atoms with Crippen molar-refractivity contribution in [2.75, 3.05) is 0 Å². The third-order valence-electron chi connectivity index (χ3n) is 7.98. The summed E-state index contributed by atoms with van der Waals surface area (Å²) in [5.41, 5.74) is 6.53. The molecule has 10 N–H and O–H groups in total. The van der Waals surface area contributed by atoms with E-state index in [1.807, 2.05) is 0 Å². The third-order valence-corrected chi connectivity index (χ3v) is 7.98. The predicted molar refractivity (Wildman–Crippen MR) is 192 cm³/mol. The molecule has 6 atom stereocenters. The van der Waals surface area contributed by atoms with Crippen LogP contribution in [0.25, 0.3) is 0 Å². The number of nitrogens with two attached hydrogens (primary N) is 1. The second-order valence-electron chi connectivity index (χ2n) is 12.5. The van der Waals surface area contributed by atoms with Gasteiger partial charge in [-0.1, -0.05) is 60.7 Å². The molecule has 0 heterocycles. The minimum Gasteiger partial charge on any atom is -0.481 e. The number of benzene rings is 2. The van der Waals surface area contributed by atoms with Gasteiger partial charge in [0.25, 0.3) is 0 Å². The summed E-state index contributed by atoms with van der Waals surface area (Å²) in [4.78, 5) is 112. The Morgan fingerprint density at radius 3 is 1.28 bits per heavy atom. The maximum atomic E-state index is 13.9. The van der Waals surface area contributed by atoms with E-state index in [-0.39, 0.29) is 25.7 Å². The maximum absolute atomic E-state index is 13.9. The molecule has 0 saturated carbocycles. The van der Waals surface area contributed by atoms with Crippen molar-refractivity contribution in [2.45, 2.75) is 95.5 Å². The molecule has 292 valence electrons. The normalized spacial score (nSPS) is 14.0. The highest BCUT2D eigenvalue weighted by Crippen LogP contribution is 2.09. The van der Waals surface area contributed by atoms with Crippen LogP contribution in [0.5, 0.6) is 0 Å². The van der Waals surface area contributed by atoms with E-state index >= 15 is 0 Å². The number of hydrogen-bond donors (Lipinski definition) is 9. The monoisotopic (exact) mass is 753 g/mol. The van der Waals surface area contributed by atoms with Gasteiger partial charge in [-0.15, -0.1) is 0 Å². The lowest BCUT2D eigenvalue weighted by Crippen LogP contribution is -2.59. The van der Waals surface area contributed by atoms with Crippen LogP contribution < -0.4 is 37.6 Å². The van der Waals surface area contributed by atoms with Gasteiger partial charge in [0.05, 0.1) is 0 Å². The van der Waals surface area contributed by atoms with E-state index in [9.17, 15) is 43.2 Å². The Morgan fingerprint density at radius 2 is 0.870 bits per heavy atom. The molecule has 7 amide bonds. The minimum atomic E-state index is -1.30. The van der Waals surface area contributed by atoms with Crippen molar-refractivity contribution >= 4 is 53.3 Å². The third kappa shape index (κ3) is 15.9. The van der Waals surface area contributed by atoms with E-state index in [1.54, 1.807) is 60.7 Å². The molecule has 2 aromatic carbocycles. The molecule has 2 aromatic rings. The summed E-state index contributed by atoms with van der Waals surface area (Å²) in [6.07, 6.45) is -1.50. The van der Waals surface area contributed by atoms with E-state index in [0.717, 1.165) is 6.92 Å². The Labute approximate surface area is 311 Å². The number of amides is 7. The average Bonchev–Trinajstić information content (AvgIpc) is 3.11. The van der Waals surface area contributed by atoms with Gasteiger partial charge >= 0.3 is 11.9 Å². The fourth-order valence-electron chi connectivity index (χ4n) is 5.08. The maximum Gasteiger partial charge on any atom is 0.303 e. The first-order valence-corrected chi connectivity index (χ1v) is 17.1. The molecule has 0 spiro atoms. The van der Waals surface area contributed by atoms with Crippen LogP contribution in [0.15, 0.2) is 60.7 Å².